The summed E-state index contributed by atoms with van der Waals surface area (Å²) in [5.74, 6) is 0.750. The molecule has 0 fully saturated rings. The van der Waals surface area contributed by atoms with E-state index in [1.165, 1.54) is 75.0 Å². The van der Waals surface area contributed by atoms with Crippen LogP contribution in [0, 0.1) is 0 Å². The number of aryl methyl sites for hydroxylation is 5. The molecule has 0 radical (unpaired) electrons. The molecular formula is C60H72K2N10O23. The van der Waals surface area contributed by atoms with Gasteiger partial charge in [-0.25, -0.2) is 24.0 Å². The number of aromatic amines is 1. The van der Waals surface area contributed by atoms with E-state index in [0.29, 0.717) is 114 Å². The Morgan fingerprint density at radius 1 is 0.442 bits per heavy atom. The number of ether oxygens (including phenoxy) is 7. The smallest absolute Gasteiger partial charge is 1.00 e. The number of aromatic nitrogens is 10. The third kappa shape index (κ3) is 20.8. The van der Waals surface area contributed by atoms with Crippen LogP contribution in [0.2, 0.25) is 0 Å². The molecule has 10 heterocycles. The van der Waals surface area contributed by atoms with Crippen LogP contribution in [0.5, 0.6) is 41.8 Å². The average molecular weight is 1380 g/mol. The van der Waals surface area contributed by atoms with Crippen molar-refractivity contribution in [2.75, 3.05) is 48.8 Å². The average Bonchev–Trinajstić information content (AvgIpc) is 0.816. The summed E-state index contributed by atoms with van der Waals surface area (Å²) >= 11 is 0. The van der Waals surface area contributed by atoms with Gasteiger partial charge in [0.15, 0.2) is 0 Å². The van der Waals surface area contributed by atoms with Crippen molar-refractivity contribution in [1.82, 2.24) is 49.0 Å². The van der Waals surface area contributed by atoms with Crippen LogP contribution in [0.25, 0.3) is 55.5 Å². The van der Waals surface area contributed by atoms with E-state index in [9.17, 15) is 38.4 Å². The van der Waals surface area contributed by atoms with E-state index < -0.39 is 28.1 Å². The Balaban J connectivity index is 0.000000585. The van der Waals surface area contributed by atoms with E-state index in [1.807, 2.05) is 62.3 Å². The van der Waals surface area contributed by atoms with Crippen molar-refractivity contribution in [3.05, 3.63) is 141 Å². The molecule has 0 aliphatic carbocycles. The molecule has 1 N–H and O–H groups in total. The molecule has 35 heteroatoms. The van der Waals surface area contributed by atoms with Gasteiger partial charge in [-0.1, -0.05) is 42.0 Å². The SMILES string of the molecule is C.CCOc1nc(OC)nc2oc(=O)cc(CC)c12.CCOc1nc(OC)nc2oc(=O)cc(CC)c12.CCc1cc(=O)oc2nc(OC)[nH]c(=O)c12.CCc1cc(=O)oc2nc(OC)n(CC)c(=O)c12.CCc1cc(=O)oc2nc(OC)n(CC)c(=O)c12.O=CO[O-].[H-].[K+].[K+]. The summed E-state index contributed by atoms with van der Waals surface area (Å²) in [6.07, 6.45) is 3.01. The fourth-order valence-corrected chi connectivity index (χ4v) is 8.74. The Morgan fingerprint density at radius 2 is 0.737 bits per heavy atom. The Labute approximate surface area is 625 Å². The van der Waals surface area contributed by atoms with Crippen molar-refractivity contribution in [3.8, 4) is 41.8 Å². The number of hydrogen-bond acceptors (Lipinski definition) is 30. The minimum absolute atomic E-state index is 0. The van der Waals surface area contributed by atoms with Crippen LogP contribution < -0.4 is 186 Å². The van der Waals surface area contributed by atoms with Crippen LogP contribution in [0.4, 0.5) is 0 Å². The summed E-state index contributed by atoms with van der Waals surface area (Å²) in [6.45, 7) is 18.4. The number of carbonyl (C=O) groups excluding carboxylic acids is 1. The van der Waals surface area contributed by atoms with Gasteiger partial charge in [-0.05, 0) is 87.6 Å². The number of rotatable bonds is 17. The summed E-state index contributed by atoms with van der Waals surface area (Å²) in [5, 5.41) is 10.7. The van der Waals surface area contributed by atoms with Crippen molar-refractivity contribution < 1.29 is 174 Å². The van der Waals surface area contributed by atoms with Crippen LogP contribution in [0.1, 0.15) is 99.0 Å². The van der Waals surface area contributed by atoms with Crippen LogP contribution in [-0.4, -0.2) is 104 Å². The van der Waals surface area contributed by atoms with Gasteiger partial charge in [0.2, 0.25) is 40.3 Å². The first-order valence-corrected chi connectivity index (χ1v) is 28.3. The van der Waals surface area contributed by atoms with E-state index >= 15 is 0 Å². The maximum Gasteiger partial charge on any atom is 1.00 e. The van der Waals surface area contributed by atoms with Gasteiger partial charge >= 0.3 is 155 Å². The van der Waals surface area contributed by atoms with Gasteiger partial charge in [-0.2, -0.15) is 34.9 Å². The number of fused-ring (bicyclic) bond motifs is 5. The molecule has 95 heavy (non-hydrogen) atoms. The minimum atomic E-state index is -0.524. The molecule has 33 nitrogen and oxygen atoms in total. The normalized spacial score (nSPS) is 10.1. The number of nitrogens with one attached hydrogen (secondary N) is 1. The fourth-order valence-electron chi connectivity index (χ4n) is 8.74. The molecule has 502 valence electrons. The molecule has 10 aromatic rings. The first-order chi connectivity index (χ1) is 44.2. The molecule has 0 saturated heterocycles. The summed E-state index contributed by atoms with van der Waals surface area (Å²) in [4.78, 5) is 135. The minimum Gasteiger partial charge on any atom is -1.00 e. The Morgan fingerprint density at radius 3 is 1.00 bits per heavy atom. The maximum absolute atomic E-state index is 12.3. The van der Waals surface area contributed by atoms with Crippen molar-refractivity contribution >= 4 is 62.0 Å². The second-order valence-corrected chi connectivity index (χ2v) is 18.1. The first kappa shape index (κ1) is 83.2. The third-order valence-electron chi connectivity index (χ3n) is 12.8. The second kappa shape index (κ2) is 40.5. The van der Waals surface area contributed by atoms with Gasteiger partial charge in [0.1, 0.15) is 26.9 Å². The van der Waals surface area contributed by atoms with Gasteiger partial charge in [-0.15, -0.1) is 0 Å². The van der Waals surface area contributed by atoms with E-state index in [-0.39, 0.29) is 193 Å². The van der Waals surface area contributed by atoms with Crippen LogP contribution in [-0.2, 0) is 54.9 Å². The molecule has 0 aliphatic heterocycles. The standard InChI is InChI=1S/4C12H14N2O4.C10H10N2O4.CH2O3.CH4.2K.H/c2*1-4-7-6-8(15)18-11-9(7)10(17-5-2)13-12(14-11)16-3;2*1-4-7-6-8(15)18-10-9(7)11(16)14(5-2)12(13-10)17-3;1-3-5-4-6(13)16-9-7(5)8(14)11-10(12-9)15-2;2-1-4-3;;;;/h4*6H,4-5H2,1-3H3;4H,3H2,1-2H3,(H,11,12,14);1,3H;1H4;;;/q;;;;;;;2*+1;-1/p-1. The van der Waals surface area contributed by atoms with Gasteiger partial charge in [0.05, 0.1) is 48.8 Å². The van der Waals surface area contributed by atoms with Crippen LogP contribution in [0.15, 0.2) is 90.8 Å². The molecule has 0 saturated carbocycles. The summed E-state index contributed by atoms with van der Waals surface area (Å²) in [7, 11) is 7.09. The van der Waals surface area contributed by atoms with Gasteiger partial charge < -0.3 is 66.8 Å². The van der Waals surface area contributed by atoms with Gasteiger partial charge in [-0.3, -0.25) is 33.3 Å². The van der Waals surface area contributed by atoms with E-state index in [0.717, 1.165) is 11.1 Å². The second-order valence-electron chi connectivity index (χ2n) is 18.1. The zero-order valence-corrected chi connectivity index (χ0v) is 61.0. The monoisotopic (exact) mass is 1380 g/mol. The Hall–Kier alpha value is -7.85. The van der Waals surface area contributed by atoms with Crippen molar-refractivity contribution in [1.29, 1.82) is 0 Å². The molecule has 0 bridgehead atoms. The summed E-state index contributed by atoms with van der Waals surface area (Å²) in [6, 6.07) is 7.36. The quantitative estimate of drug-likeness (QED) is 0.0475. The van der Waals surface area contributed by atoms with Crippen LogP contribution >= 0.6 is 0 Å². The molecule has 10 aromatic heterocycles. The first-order valence-electron chi connectivity index (χ1n) is 28.3. The zero-order chi connectivity index (χ0) is 67.9. The Kier molecular flexibility index (Phi) is 35.5. The zero-order valence-electron chi connectivity index (χ0n) is 55.7. The molecule has 0 spiro atoms. The van der Waals surface area contributed by atoms with E-state index in [1.54, 1.807) is 0 Å². The van der Waals surface area contributed by atoms with Crippen molar-refractivity contribution in [2.45, 2.75) is 115 Å². The molecule has 0 atom stereocenters. The Bertz CT molecular complexity index is 4510. The van der Waals surface area contributed by atoms with Crippen molar-refractivity contribution in [3.63, 3.8) is 0 Å². The number of methoxy groups -OCH3 is 5. The van der Waals surface area contributed by atoms with Gasteiger partial charge in [0, 0.05) is 43.4 Å². The van der Waals surface area contributed by atoms with E-state index in [4.69, 9.17) is 65.3 Å². The summed E-state index contributed by atoms with van der Waals surface area (Å²) in [5.41, 5.74) is 0.641. The molecule has 10 rings (SSSR count). The summed E-state index contributed by atoms with van der Waals surface area (Å²) < 4.78 is 63.4. The molecule has 0 aromatic carbocycles. The molecule has 0 amide bonds. The number of hydrogen-bond donors (Lipinski definition) is 1. The largest absolute Gasteiger partial charge is 1.00 e. The fraction of sp³-hybridized carbons (Fsp3) is 0.400. The molecule has 0 aliphatic rings. The maximum atomic E-state index is 12.3. The number of H-pyrrole nitrogens is 1. The number of nitrogens with zero attached hydrogens (tertiary/aromatic N) is 9. The topological polar surface area (TPSA) is 432 Å². The van der Waals surface area contributed by atoms with Gasteiger partial charge in [0.25, 0.3) is 29.2 Å². The predicted molar refractivity (Wildman–Crippen MR) is 334 cm³/mol. The third-order valence-corrected chi connectivity index (χ3v) is 12.8. The number of carbonyl (C=O) groups is 1. The van der Waals surface area contributed by atoms with E-state index in [2.05, 4.69) is 44.8 Å². The molecular weight excluding hydrogens is 1310 g/mol. The van der Waals surface area contributed by atoms with Crippen molar-refractivity contribution in [2.24, 2.45) is 0 Å². The molecule has 0 unspecified atom stereocenters. The predicted octanol–water partition coefficient (Wildman–Crippen LogP) is -1.37. The van der Waals surface area contributed by atoms with Crippen LogP contribution in [0.3, 0.4) is 0 Å².